The summed E-state index contributed by atoms with van der Waals surface area (Å²) in [4.78, 5) is 43.5. The van der Waals surface area contributed by atoms with Crippen molar-refractivity contribution in [2.45, 2.75) is 154 Å². The van der Waals surface area contributed by atoms with Crippen molar-refractivity contribution in [1.29, 1.82) is 0 Å². The minimum absolute atomic E-state index is 0.0440. The van der Waals surface area contributed by atoms with Crippen molar-refractivity contribution in [2.24, 2.45) is 22.7 Å². The van der Waals surface area contributed by atoms with Gasteiger partial charge in [-0.15, -0.1) is 5.73 Å². The summed E-state index contributed by atoms with van der Waals surface area (Å²) < 4.78 is 6.50. The second-order valence-corrected chi connectivity index (χ2v) is 15.7. The van der Waals surface area contributed by atoms with Crippen LogP contribution in [0.4, 0.5) is 0 Å². The maximum Gasteiger partial charge on any atom is 0.200 e. The topological polar surface area (TPSA) is 60.4 Å². The quantitative estimate of drug-likeness (QED) is 0.0891. The van der Waals surface area contributed by atoms with Gasteiger partial charge in [0.2, 0.25) is 0 Å². The summed E-state index contributed by atoms with van der Waals surface area (Å²) in [5.41, 5.74) is 6.47. The average Bonchev–Trinajstić information content (AvgIpc) is 3.09. The van der Waals surface area contributed by atoms with Crippen LogP contribution in [0.2, 0.25) is 0 Å². The Bertz CT molecular complexity index is 1540. The summed E-state index contributed by atoms with van der Waals surface area (Å²) in [7, 11) is 0. The third-order valence-electron chi connectivity index (χ3n) is 10.7. The number of carbonyl (C=O) groups excluding carboxylic acids is 3. The van der Waals surface area contributed by atoms with Gasteiger partial charge in [-0.05, 0) is 143 Å². The number of rotatable bonds is 8. The normalized spacial score (nSPS) is 23.0. The highest BCUT2D eigenvalue weighted by molar-refractivity contribution is 6.35. The fourth-order valence-corrected chi connectivity index (χ4v) is 6.71. The molecule has 0 unspecified atom stereocenters. The third-order valence-corrected chi connectivity index (χ3v) is 10.7. The van der Waals surface area contributed by atoms with Crippen molar-refractivity contribution in [2.75, 3.05) is 0 Å². The number of hydrogen-bond donors (Lipinski definition) is 0. The molecule has 2 aliphatic carbocycles. The van der Waals surface area contributed by atoms with Crippen molar-refractivity contribution in [1.82, 2.24) is 0 Å². The largest absolute Gasteiger partial charge is 0.490 e. The Morgan fingerprint density at radius 1 is 0.980 bits per heavy atom. The fraction of sp³-hybridized carbons (Fsp3) is 0.574. The SMILES string of the molecule is C=C=Cc1cc(C(=O)C2=C3OC(C)(C)CC[C@@]34CC[C@H](C)[C@@](CC=C(C)C)(C2=O)C4=O)ccc1C[C@@H](C)CC.CC.CC=C(C)C.CC=C(C)C. The Kier molecular flexibility index (Phi) is 17.8. The average molecular weight is 699 g/mol. The van der Waals surface area contributed by atoms with Crippen molar-refractivity contribution in [3.63, 3.8) is 0 Å². The zero-order valence-corrected chi connectivity index (χ0v) is 35.0. The molecular weight excluding hydrogens is 629 g/mol. The molecule has 4 rings (SSSR count). The first-order chi connectivity index (χ1) is 23.9. The Balaban J connectivity index is 0.000000942. The summed E-state index contributed by atoms with van der Waals surface area (Å²) >= 11 is 0. The van der Waals surface area contributed by atoms with Crippen LogP contribution >= 0.6 is 0 Å². The lowest BCUT2D eigenvalue weighted by Crippen LogP contribution is -2.63. The molecule has 1 spiro atoms. The Hall–Kier alpha value is -3.49. The molecule has 1 heterocycles. The van der Waals surface area contributed by atoms with Gasteiger partial charge in [0.1, 0.15) is 16.9 Å². The zero-order chi connectivity index (χ0) is 39.3. The smallest absolute Gasteiger partial charge is 0.200 e. The van der Waals surface area contributed by atoms with E-state index in [1.807, 2.05) is 86.6 Å². The zero-order valence-electron chi connectivity index (χ0n) is 35.0. The lowest BCUT2D eigenvalue weighted by atomic mass is 9.47. The van der Waals surface area contributed by atoms with Crippen LogP contribution in [0.25, 0.3) is 6.08 Å². The van der Waals surface area contributed by atoms with Crippen molar-refractivity contribution >= 4 is 23.4 Å². The van der Waals surface area contributed by atoms with E-state index in [2.05, 4.69) is 66.0 Å². The molecule has 1 aromatic rings. The van der Waals surface area contributed by atoms with Gasteiger partial charge in [0.15, 0.2) is 17.3 Å². The number of Topliss-reactive ketones (excluding diaryl/α,β-unsaturated/α-hetero) is 3. The van der Waals surface area contributed by atoms with Crippen LogP contribution < -0.4 is 0 Å². The van der Waals surface area contributed by atoms with Crippen molar-refractivity contribution in [3.8, 4) is 0 Å². The maximum atomic E-state index is 14.6. The van der Waals surface area contributed by atoms with Crippen LogP contribution in [-0.4, -0.2) is 23.0 Å². The predicted molar refractivity (Wildman–Crippen MR) is 218 cm³/mol. The van der Waals surface area contributed by atoms with E-state index in [0.29, 0.717) is 42.9 Å². The van der Waals surface area contributed by atoms with Gasteiger partial charge in [-0.2, -0.15) is 0 Å². The highest BCUT2D eigenvalue weighted by Crippen LogP contribution is 2.62. The lowest BCUT2D eigenvalue weighted by molar-refractivity contribution is -0.166. The van der Waals surface area contributed by atoms with E-state index in [9.17, 15) is 14.4 Å². The first kappa shape index (κ1) is 45.5. The highest BCUT2D eigenvalue weighted by atomic mass is 16.5. The molecule has 2 fully saturated rings. The molecule has 3 aliphatic rings. The van der Waals surface area contributed by atoms with Gasteiger partial charge in [0.25, 0.3) is 0 Å². The number of fused-ring (bicyclic) bond motifs is 1. The highest BCUT2D eigenvalue weighted by Gasteiger charge is 2.68. The van der Waals surface area contributed by atoms with Crippen molar-refractivity contribution in [3.05, 3.63) is 93.5 Å². The molecule has 0 N–H and O–H groups in total. The van der Waals surface area contributed by atoms with Gasteiger partial charge >= 0.3 is 0 Å². The molecule has 4 atom stereocenters. The van der Waals surface area contributed by atoms with Gasteiger partial charge in [0.05, 0.1) is 10.8 Å². The van der Waals surface area contributed by atoms with Gasteiger partial charge in [0, 0.05) is 5.56 Å². The molecule has 2 bridgehead atoms. The lowest BCUT2D eigenvalue weighted by Gasteiger charge is -2.56. The molecule has 1 aliphatic heterocycles. The third kappa shape index (κ3) is 10.8. The first-order valence-electron chi connectivity index (χ1n) is 19.3. The molecule has 1 aromatic carbocycles. The predicted octanol–water partition coefficient (Wildman–Crippen LogP) is 13.0. The molecule has 1 saturated carbocycles. The van der Waals surface area contributed by atoms with Crippen molar-refractivity contribution < 1.29 is 19.1 Å². The van der Waals surface area contributed by atoms with E-state index in [1.54, 1.807) is 6.08 Å². The molecule has 51 heavy (non-hydrogen) atoms. The van der Waals surface area contributed by atoms with Crippen LogP contribution in [0.5, 0.6) is 0 Å². The summed E-state index contributed by atoms with van der Waals surface area (Å²) in [5.74, 6) is -0.104. The minimum atomic E-state index is -1.24. The summed E-state index contributed by atoms with van der Waals surface area (Å²) in [6.07, 6.45) is 12.9. The Morgan fingerprint density at radius 2 is 1.55 bits per heavy atom. The fourth-order valence-electron chi connectivity index (χ4n) is 6.71. The van der Waals surface area contributed by atoms with E-state index in [0.717, 1.165) is 36.0 Å². The van der Waals surface area contributed by atoms with Crippen LogP contribution in [0.1, 0.15) is 164 Å². The van der Waals surface area contributed by atoms with Gasteiger partial charge in [-0.1, -0.05) is 94.7 Å². The maximum absolute atomic E-state index is 14.6. The van der Waals surface area contributed by atoms with Gasteiger partial charge < -0.3 is 4.74 Å². The Morgan fingerprint density at radius 3 is 2.04 bits per heavy atom. The van der Waals surface area contributed by atoms with E-state index in [-0.39, 0.29) is 28.8 Å². The van der Waals surface area contributed by atoms with E-state index >= 15 is 0 Å². The number of ketones is 3. The van der Waals surface area contributed by atoms with Crippen LogP contribution in [0.3, 0.4) is 0 Å². The number of ether oxygens (including phenoxy) is 1. The Labute approximate surface area is 312 Å². The second-order valence-electron chi connectivity index (χ2n) is 15.7. The van der Waals surface area contributed by atoms with E-state index in [1.165, 1.54) is 11.1 Å². The second kappa shape index (κ2) is 19.9. The molecule has 0 amide bonds. The monoisotopic (exact) mass is 699 g/mol. The molecule has 0 aromatic heterocycles. The van der Waals surface area contributed by atoms with E-state index < -0.39 is 16.4 Å². The van der Waals surface area contributed by atoms with E-state index in [4.69, 9.17) is 4.74 Å². The molecule has 282 valence electrons. The number of allylic oxidation sites excluding steroid dienone is 8. The summed E-state index contributed by atoms with van der Waals surface area (Å²) in [5, 5.41) is 0. The first-order valence-corrected chi connectivity index (χ1v) is 19.3. The van der Waals surface area contributed by atoms with Crippen LogP contribution in [-0.2, 0) is 20.7 Å². The molecule has 4 heteroatoms. The number of hydrogen-bond acceptors (Lipinski definition) is 4. The minimum Gasteiger partial charge on any atom is -0.490 e. The molecule has 4 nitrogen and oxygen atoms in total. The molecule has 0 radical (unpaired) electrons. The van der Waals surface area contributed by atoms with Gasteiger partial charge in [-0.3, -0.25) is 14.4 Å². The van der Waals surface area contributed by atoms with Crippen LogP contribution in [0, 0.1) is 22.7 Å². The van der Waals surface area contributed by atoms with Crippen LogP contribution in [0.15, 0.2) is 76.8 Å². The number of benzene rings is 1. The summed E-state index contributed by atoms with van der Waals surface area (Å²) in [6, 6.07) is 5.65. The molecular formula is C47H70O4. The number of carbonyl (C=O) groups is 3. The standard InChI is InChI=1S/C35H44O4.2C5H10.C2H6/c1-9-11-25-21-27(13-12-26(25)20-23(5)10-2)29(36)28-30(37)35(17-14-22(3)4)24(6)15-16-34(32(35)38)19-18-33(7,8)39-31(28)34;2*1-4-5(2)3;1-2/h11-14,21,23-24H,1,10,15-20H2,2-8H3;2*4H,1-3H3;1-2H3/t23-,24-,34-,35-;;;/m0.../s1. The van der Waals surface area contributed by atoms with Gasteiger partial charge in [-0.25, -0.2) is 0 Å². The molecule has 1 saturated heterocycles. The summed E-state index contributed by atoms with van der Waals surface area (Å²) in [6.45, 7) is 34.4.